The van der Waals surface area contributed by atoms with Gasteiger partial charge in [0.2, 0.25) is 0 Å². The molecule has 32 heavy (non-hydrogen) atoms. The summed E-state index contributed by atoms with van der Waals surface area (Å²) in [7, 11) is -2.20. The largest absolute Gasteiger partial charge is 0.494 e. The molecule has 0 spiro atoms. The fraction of sp³-hybridized carbons (Fsp3) is 0.458. The first-order valence-electron chi connectivity index (χ1n) is 11.1. The van der Waals surface area contributed by atoms with E-state index in [0.717, 1.165) is 12.8 Å². The van der Waals surface area contributed by atoms with Crippen LogP contribution < -0.4 is 13.8 Å². The number of rotatable bonds is 10. The topological polar surface area (TPSA) is 76.1 Å². The summed E-state index contributed by atoms with van der Waals surface area (Å²) in [6.45, 7) is 5.04. The Labute approximate surface area is 191 Å². The van der Waals surface area contributed by atoms with E-state index in [-0.39, 0.29) is 17.4 Å². The van der Waals surface area contributed by atoms with E-state index in [1.807, 2.05) is 18.7 Å². The van der Waals surface area contributed by atoms with Crippen LogP contribution >= 0.6 is 0 Å². The van der Waals surface area contributed by atoms with Crippen molar-refractivity contribution in [3.63, 3.8) is 0 Å². The van der Waals surface area contributed by atoms with Gasteiger partial charge >= 0.3 is 0 Å². The van der Waals surface area contributed by atoms with Gasteiger partial charge in [-0.25, -0.2) is 8.42 Å². The minimum absolute atomic E-state index is 0.0151. The van der Waals surface area contributed by atoms with E-state index < -0.39 is 10.0 Å². The molecule has 1 fully saturated rings. The van der Waals surface area contributed by atoms with Gasteiger partial charge in [-0.2, -0.15) is 0 Å². The average molecular weight is 461 g/mol. The zero-order valence-electron chi connectivity index (χ0n) is 19.0. The Morgan fingerprint density at radius 1 is 0.938 bits per heavy atom. The Morgan fingerprint density at radius 3 is 2.06 bits per heavy atom. The first-order chi connectivity index (χ1) is 15.4. The Hall–Kier alpha value is -2.74. The molecule has 0 unspecified atom stereocenters. The van der Waals surface area contributed by atoms with Crippen molar-refractivity contribution in [1.82, 2.24) is 4.90 Å². The number of ether oxygens (including phenoxy) is 2. The van der Waals surface area contributed by atoms with E-state index in [9.17, 15) is 13.2 Å². The molecule has 0 heterocycles. The van der Waals surface area contributed by atoms with Crippen LogP contribution in [0.4, 0.5) is 5.69 Å². The van der Waals surface area contributed by atoms with Crippen LogP contribution in [-0.2, 0) is 14.8 Å². The molecule has 1 aliphatic carbocycles. The van der Waals surface area contributed by atoms with E-state index in [2.05, 4.69) is 0 Å². The van der Waals surface area contributed by atoms with Crippen LogP contribution in [-0.4, -0.2) is 52.1 Å². The van der Waals surface area contributed by atoms with Gasteiger partial charge in [0.25, 0.3) is 15.9 Å². The second kappa shape index (κ2) is 10.7. The van der Waals surface area contributed by atoms with E-state index in [0.29, 0.717) is 36.4 Å². The van der Waals surface area contributed by atoms with Gasteiger partial charge in [-0.3, -0.25) is 9.10 Å². The molecule has 1 amide bonds. The molecular weight excluding hydrogens is 428 g/mol. The maximum Gasteiger partial charge on any atom is 0.264 e. The van der Waals surface area contributed by atoms with Gasteiger partial charge < -0.3 is 14.4 Å². The molecule has 2 aromatic carbocycles. The predicted octanol–water partition coefficient (Wildman–Crippen LogP) is 4.08. The van der Waals surface area contributed by atoms with Crippen LogP contribution in [0.5, 0.6) is 11.5 Å². The Kier molecular flexibility index (Phi) is 8.01. The highest BCUT2D eigenvalue weighted by Gasteiger charge is 2.25. The van der Waals surface area contributed by atoms with E-state index in [4.69, 9.17) is 9.47 Å². The Balaban J connectivity index is 1.62. The molecule has 1 aliphatic rings. The molecule has 3 rings (SSSR count). The van der Waals surface area contributed by atoms with Crippen LogP contribution in [0.1, 0.15) is 39.5 Å². The molecular formula is C24H32N2O5S. The van der Waals surface area contributed by atoms with Crippen LogP contribution in [0.15, 0.2) is 53.4 Å². The molecule has 1 saturated carbocycles. The molecule has 0 aromatic heterocycles. The van der Waals surface area contributed by atoms with Gasteiger partial charge in [-0.05, 0) is 75.2 Å². The van der Waals surface area contributed by atoms with Crippen molar-refractivity contribution in [3.8, 4) is 11.5 Å². The van der Waals surface area contributed by atoms with Crippen molar-refractivity contribution < 1.29 is 22.7 Å². The summed E-state index contributed by atoms with van der Waals surface area (Å²) >= 11 is 0. The number of carbonyl (C=O) groups excluding carboxylic acids is 1. The molecule has 0 saturated heterocycles. The van der Waals surface area contributed by atoms with E-state index in [1.54, 1.807) is 36.4 Å². The van der Waals surface area contributed by atoms with Crippen molar-refractivity contribution >= 4 is 21.6 Å². The second-order valence-corrected chi connectivity index (χ2v) is 9.75. The molecule has 0 N–H and O–H groups in total. The lowest BCUT2D eigenvalue weighted by Gasteiger charge is -2.27. The molecule has 8 heteroatoms. The highest BCUT2D eigenvalue weighted by atomic mass is 32.2. The fourth-order valence-electron chi connectivity index (χ4n) is 4.01. The number of carbonyl (C=O) groups is 1. The second-order valence-electron chi connectivity index (χ2n) is 7.78. The normalized spacial score (nSPS) is 14.2. The average Bonchev–Trinajstić information content (AvgIpc) is 3.33. The molecule has 0 bridgehead atoms. The number of sulfonamides is 1. The zero-order valence-corrected chi connectivity index (χ0v) is 19.8. The summed E-state index contributed by atoms with van der Waals surface area (Å²) in [5.41, 5.74) is 0.499. The third-order valence-corrected chi connectivity index (χ3v) is 7.58. The maximum atomic E-state index is 12.9. The number of anilines is 1. The monoisotopic (exact) mass is 460 g/mol. The van der Waals surface area contributed by atoms with Crippen molar-refractivity contribution in [1.29, 1.82) is 0 Å². The fourth-order valence-corrected chi connectivity index (χ4v) is 5.20. The number of hydrogen-bond acceptors (Lipinski definition) is 5. The van der Waals surface area contributed by atoms with Crippen molar-refractivity contribution in [2.75, 3.05) is 31.1 Å². The summed E-state index contributed by atoms with van der Waals surface area (Å²) in [5, 5.41) is 0. The molecule has 2 aromatic rings. The standard InChI is InChI=1S/C24H32N2O5S/c1-4-26(20-8-6-7-9-20)24(27)18-31-22-12-10-19(11-13-22)25(3)32(28,29)23-16-14-21(15-17-23)30-5-2/h10-17,20H,4-9,18H2,1-3H3. The van der Waals surface area contributed by atoms with Crippen molar-refractivity contribution in [2.45, 2.75) is 50.5 Å². The summed E-state index contributed by atoms with van der Waals surface area (Å²) in [6, 6.07) is 13.4. The predicted molar refractivity (Wildman–Crippen MR) is 125 cm³/mol. The minimum Gasteiger partial charge on any atom is -0.494 e. The quantitative estimate of drug-likeness (QED) is 0.534. The van der Waals surface area contributed by atoms with Gasteiger partial charge in [0.05, 0.1) is 17.2 Å². The summed E-state index contributed by atoms with van der Waals surface area (Å²) in [6.07, 6.45) is 4.46. The van der Waals surface area contributed by atoms with Gasteiger partial charge in [-0.15, -0.1) is 0 Å². The van der Waals surface area contributed by atoms with Crippen LogP contribution in [0.25, 0.3) is 0 Å². The third kappa shape index (κ3) is 5.54. The van der Waals surface area contributed by atoms with Gasteiger partial charge in [0.1, 0.15) is 11.5 Å². The molecule has 7 nitrogen and oxygen atoms in total. The van der Waals surface area contributed by atoms with Crippen LogP contribution in [0.3, 0.4) is 0 Å². The van der Waals surface area contributed by atoms with Crippen molar-refractivity contribution in [3.05, 3.63) is 48.5 Å². The smallest absolute Gasteiger partial charge is 0.264 e. The number of nitrogens with zero attached hydrogens (tertiary/aromatic N) is 2. The number of benzene rings is 2. The van der Waals surface area contributed by atoms with Gasteiger partial charge in [-0.1, -0.05) is 12.8 Å². The minimum atomic E-state index is -3.71. The molecule has 0 radical (unpaired) electrons. The van der Waals surface area contributed by atoms with Crippen LogP contribution in [0, 0.1) is 0 Å². The lowest BCUT2D eigenvalue weighted by Crippen LogP contribution is -2.41. The lowest BCUT2D eigenvalue weighted by molar-refractivity contribution is -0.135. The van der Waals surface area contributed by atoms with E-state index >= 15 is 0 Å². The first kappa shape index (κ1) is 23.9. The Bertz CT molecular complexity index is 984. The third-order valence-electron chi connectivity index (χ3n) is 5.78. The zero-order chi connectivity index (χ0) is 23.1. The molecule has 0 aliphatic heterocycles. The highest BCUT2D eigenvalue weighted by Crippen LogP contribution is 2.26. The SMILES string of the molecule is CCOc1ccc(S(=O)(=O)N(C)c2ccc(OCC(=O)N(CC)C3CCCC3)cc2)cc1. The van der Waals surface area contributed by atoms with E-state index in [1.165, 1.54) is 36.3 Å². The summed E-state index contributed by atoms with van der Waals surface area (Å²) in [5.74, 6) is 1.13. The van der Waals surface area contributed by atoms with Gasteiger partial charge in [0, 0.05) is 19.6 Å². The van der Waals surface area contributed by atoms with Crippen LogP contribution in [0.2, 0.25) is 0 Å². The number of amides is 1. The summed E-state index contributed by atoms with van der Waals surface area (Å²) in [4.78, 5) is 14.7. The lowest BCUT2D eigenvalue weighted by atomic mass is 10.2. The maximum absolute atomic E-state index is 12.9. The molecule has 174 valence electrons. The number of likely N-dealkylation sites (N-methyl/N-ethyl adjacent to an activating group) is 1. The summed E-state index contributed by atoms with van der Waals surface area (Å²) < 4.78 is 38.1. The highest BCUT2D eigenvalue weighted by molar-refractivity contribution is 7.92. The molecule has 0 atom stereocenters. The van der Waals surface area contributed by atoms with Gasteiger partial charge in [0.15, 0.2) is 6.61 Å². The van der Waals surface area contributed by atoms with Crippen molar-refractivity contribution in [2.24, 2.45) is 0 Å². The Morgan fingerprint density at radius 2 is 1.50 bits per heavy atom. The first-order valence-corrected chi connectivity index (χ1v) is 12.5. The number of hydrogen-bond donors (Lipinski definition) is 0.